The lowest BCUT2D eigenvalue weighted by molar-refractivity contribution is 0.0701. The summed E-state index contributed by atoms with van der Waals surface area (Å²) in [6.07, 6.45) is 1.72. The number of amides is 1. The molecule has 0 N–H and O–H groups in total. The number of aryl methyl sites for hydroxylation is 2. The predicted molar refractivity (Wildman–Crippen MR) is 93.5 cm³/mol. The van der Waals surface area contributed by atoms with E-state index in [0.29, 0.717) is 47.4 Å². The summed E-state index contributed by atoms with van der Waals surface area (Å²) >= 11 is 0. The zero-order valence-electron chi connectivity index (χ0n) is 15.1. The second kappa shape index (κ2) is 6.94. The predicted octanol–water partition coefficient (Wildman–Crippen LogP) is 3.50. The first-order valence-corrected chi connectivity index (χ1v) is 8.84. The second-order valence-corrected chi connectivity index (χ2v) is 6.75. The molecule has 7 nitrogen and oxygen atoms in total. The molecule has 2 aromatic heterocycles. The number of rotatable bonds is 3. The maximum Gasteiger partial charge on any atom is 0.259 e. The molecule has 8 heteroatoms. The molecular formula is C19H19FN4O3. The standard InChI is InChI=1S/C19H19FN4O3/c1-11-16(12(2)26-22-11)19(25)24-9-3-4-14(10-24)17-21-18(27-23-17)13-5-7-15(20)8-6-13/h5-8,14H,3-4,9-10H2,1-2H3. The molecule has 0 saturated carbocycles. The zero-order valence-corrected chi connectivity index (χ0v) is 15.1. The van der Waals surface area contributed by atoms with Crippen LogP contribution in [-0.2, 0) is 0 Å². The summed E-state index contributed by atoms with van der Waals surface area (Å²) < 4.78 is 23.5. The van der Waals surface area contributed by atoms with Gasteiger partial charge >= 0.3 is 0 Å². The van der Waals surface area contributed by atoms with Gasteiger partial charge in [0.1, 0.15) is 17.1 Å². The largest absolute Gasteiger partial charge is 0.361 e. The fraction of sp³-hybridized carbons (Fsp3) is 0.368. The lowest BCUT2D eigenvalue weighted by atomic mass is 9.96. The van der Waals surface area contributed by atoms with Crippen LogP contribution in [0.4, 0.5) is 4.39 Å². The first-order chi connectivity index (χ1) is 13.0. The number of likely N-dealkylation sites (tertiary alicyclic amines) is 1. The van der Waals surface area contributed by atoms with Crippen LogP contribution in [0.5, 0.6) is 0 Å². The van der Waals surface area contributed by atoms with Crippen LogP contribution in [0, 0.1) is 19.7 Å². The van der Waals surface area contributed by atoms with Gasteiger partial charge in [-0.05, 0) is 51.0 Å². The van der Waals surface area contributed by atoms with E-state index in [1.807, 2.05) is 0 Å². The van der Waals surface area contributed by atoms with Crippen molar-refractivity contribution in [3.05, 3.63) is 52.9 Å². The highest BCUT2D eigenvalue weighted by molar-refractivity contribution is 5.96. The van der Waals surface area contributed by atoms with E-state index in [2.05, 4.69) is 15.3 Å². The monoisotopic (exact) mass is 370 g/mol. The molecule has 27 heavy (non-hydrogen) atoms. The molecule has 3 aromatic rings. The molecule has 4 rings (SSSR count). The minimum Gasteiger partial charge on any atom is -0.361 e. The number of piperidine rings is 1. The molecule has 0 radical (unpaired) electrons. The summed E-state index contributed by atoms with van der Waals surface area (Å²) in [6.45, 7) is 4.68. The SMILES string of the molecule is Cc1noc(C)c1C(=O)N1CCCC(c2noc(-c3ccc(F)cc3)n2)C1. The number of aromatic nitrogens is 3. The third kappa shape index (κ3) is 3.34. The number of hydrogen-bond donors (Lipinski definition) is 0. The number of benzene rings is 1. The van der Waals surface area contributed by atoms with Gasteiger partial charge in [-0.3, -0.25) is 4.79 Å². The van der Waals surface area contributed by atoms with Crippen molar-refractivity contribution in [2.45, 2.75) is 32.6 Å². The van der Waals surface area contributed by atoms with Crippen LogP contribution >= 0.6 is 0 Å². The van der Waals surface area contributed by atoms with Crippen LogP contribution in [0.25, 0.3) is 11.5 Å². The van der Waals surface area contributed by atoms with E-state index < -0.39 is 0 Å². The van der Waals surface area contributed by atoms with Gasteiger partial charge in [0.15, 0.2) is 5.82 Å². The number of nitrogens with zero attached hydrogens (tertiary/aromatic N) is 4. The van der Waals surface area contributed by atoms with Gasteiger partial charge in [-0.25, -0.2) is 4.39 Å². The third-order valence-electron chi connectivity index (χ3n) is 4.85. The van der Waals surface area contributed by atoms with Crippen molar-refractivity contribution in [2.75, 3.05) is 13.1 Å². The Labute approximate surface area is 155 Å². The average Bonchev–Trinajstić information content (AvgIpc) is 3.29. The molecule has 0 bridgehead atoms. The van der Waals surface area contributed by atoms with Crippen molar-refractivity contribution in [2.24, 2.45) is 0 Å². The molecule has 0 aliphatic carbocycles. The first kappa shape index (κ1) is 17.4. The van der Waals surface area contributed by atoms with Crippen molar-refractivity contribution in [3.63, 3.8) is 0 Å². The van der Waals surface area contributed by atoms with Gasteiger partial charge in [-0.1, -0.05) is 10.3 Å². The Morgan fingerprint density at radius 2 is 1.96 bits per heavy atom. The van der Waals surface area contributed by atoms with Crippen LogP contribution < -0.4 is 0 Å². The Kier molecular flexibility index (Phi) is 4.47. The normalized spacial score (nSPS) is 17.3. The van der Waals surface area contributed by atoms with Crippen molar-refractivity contribution in [1.29, 1.82) is 0 Å². The van der Waals surface area contributed by atoms with Crippen LogP contribution in [0.15, 0.2) is 33.3 Å². The number of carbonyl (C=O) groups excluding carboxylic acids is 1. The molecular weight excluding hydrogens is 351 g/mol. The Hall–Kier alpha value is -3.03. The smallest absolute Gasteiger partial charge is 0.259 e. The van der Waals surface area contributed by atoms with Gasteiger partial charge in [0.25, 0.3) is 11.8 Å². The van der Waals surface area contributed by atoms with Gasteiger partial charge in [0.05, 0.1) is 5.69 Å². The van der Waals surface area contributed by atoms with Crippen molar-refractivity contribution < 1.29 is 18.2 Å². The lowest BCUT2D eigenvalue weighted by Gasteiger charge is -2.31. The number of hydrogen-bond acceptors (Lipinski definition) is 6. The zero-order chi connectivity index (χ0) is 19.0. The topological polar surface area (TPSA) is 85.3 Å². The summed E-state index contributed by atoms with van der Waals surface area (Å²) in [6, 6.07) is 5.90. The third-order valence-corrected chi connectivity index (χ3v) is 4.85. The van der Waals surface area contributed by atoms with E-state index in [1.54, 1.807) is 30.9 Å². The van der Waals surface area contributed by atoms with E-state index in [-0.39, 0.29) is 17.6 Å². The summed E-state index contributed by atoms with van der Waals surface area (Å²) in [5.41, 5.74) is 1.78. The second-order valence-electron chi connectivity index (χ2n) is 6.75. The van der Waals surface area contributed by atoms with Crippen molar-refractivity contribution in [3.8, 4) is 11.5 Å². The van der Waals surface area contributed by atoms with Crippen LogP contribution in [0.3, 0.4) is 0 Å². The maximum atomic E-state index is 13.1. The summed E-state index contributed by atoms with van der Waals surface area (Å²) in [5, 5.41) is 7.95. The summed E-state index contributed by atoms with van der Waals surface area (Å²) in [7, 11) is 0. The van der Waals surface area contributed by atoms with Crippen molar-refractivity contribution in [1.82, 2.24) is 20.2 Å². The highest BCUT2D eigenvalue weighted by Crippen LogP contribution is 2.28. The van der Waals surface area contributed by atoms with E-state index in [4.69, 9.17) is 9.05 Å². The Balaban J connectivity index is 1.52. The molecule has 3 heterocycles. The molecule has 0 spiro atoms. The first-order valence-electron chi connectivity index (χ1n) is 8.84. The maximum absolute atomic E-state index is 13.1. The van der Waals surface area contributed by atoms with Gasteiger partial charge in [0.2, 0.25) is 0 Å². The molecule has 1 aliphatic rings. The van der Waals surface area contributed by atoms with Crippen LogP contribution in [0.2, 0.25) is 0 Å². The molecule has 1 atom stereocenters. The molecule has 1 aromatic carbocycles. The Morgan fingerprint density at radius 3 is 2.67 bits per heavy atom. The molecule has 1 fully saturated rings. The van der Waals surface area contributed by atoms with E-state index in [9.17, 15) is 9.18 Å². The lowest BCUT2D eigenvalue weighted by Crippen LogP contribution is -2.39. The molecule has 1 unspecified atom stereocenters. The van der Waals surface area contributed by atoms with Gasteiger partial charge < -0.3 is 13.9 Å². The molecule has 1 saturated heterocycles. The Bertz CT molecular complexity index is 944. The summed E-state index contributed by atoms with van der Waals surface area (Å²) in [5.74, 6) is 1.01. The fourth-order valence-corrected chi connectivity index (χ4v) is 3.43. The highest BCUT2D eigenvalue weighted by Gasteiger charge is 2.31. The van der Waals surface area contributed by atoms with E-state index >= 15 is 0 Å². The van der Waals surface area contributed by atoms with Crippen LogP contribution in [-0.4, -0.2) is 39.2 Å². The minimum atomic E-state index is -0.320. The van der Waals surface area contributed by atoms with E-state index in [1.165, 1.54) is 12.1 Å². The quantitative estimate of drug-likeness (QED) is 0.701. The highest BCUT2D eigenvalue weighted by atomic mass is 19.1. The van der Waals surface area contributed by atoms with Crippen molar-refractivity contribution >= 4 is 5.91 Å². The van der Waals surface area contributed by atoms with E-state index in [0.717, 1.165) is 12.8 Å². The van der Waals surface area contributed by atoms with Gasteiger partial charge in [-0.15, -0.1) is 0 Å². The van der Waals surface area contributed by atoms with Gasteiger partial charge in [0, 0.05) is 24.6 Å². The Morgan fingerprint density at radius 1 is 1.19 bits per heavy atom. The average molecular weight is 370 g/mol. The number of halogens is 1. The minimum absolute atomic E-state index is 0.0129. The molecule has 1 amide bonds. The van der Waals surface area contributed by atoms with Crippen LogP contribution in [0.1, 0.15) is 46.4 Å². The summed E-state index contributed by atoms with van der Waals surface area (Å²) in [4.78, 5) is 19.1. The number of carbonyl (C=O) groups is 1. The molecule has 1 aliphatic heterocycles. The fourth-order valence-electron chi connectivity index (χ4n) is 3.43. The van der Waals surface area contributed by atoms with Gasteiger partial charge in [-0.2, -0.15) is 4.98 Å². The molecule has 140 valence electrons.